The van der Waals surface area contributed by atoms with Crippen LogP contribution in [0.4, 0.5) is 11.4 Å². The Morgan fingerprint density at radius 3 is 1.68 bits per heavy atom. The van der Waals surface area contributed by atoms with Crippen molar-refractivity contribution >= 4 is 17.3 Å². The Balaban J connectivity index is 1.36. The summed E-state index contributed by atoms with van der Waals surface area (Å²) in [5.41, 5.74) is 4.02. The zero-order valence-corrected chi connectivity index (χ0v) is 17.1. The molecule has 4 nitrogen and oxygen atoms in total. The summed E-state index contributed by atoms with van der Waals surface area (Å²) in [6.07, 6.45) is 0. The molecule has 31 heavy (non-hydrogen) atoms. The zero-order valence-electron chi connectivity index (χ0n) is 17.1. The van der Waals surface area contributed by atoms with Gasteiger partial charge in [-0.2, -0.15) is 0 Å². The smallest absolute Gasteiger partial charge is 0.258 e. The molecule has 0 spiro atoms. The third-order valence-electron chi connectivity index (χ3n) is 4.86. The van der Waals surface area contributed by atoms with Crippen molar-refractivity contribution in [2.24, 2.45) is 0 Å². The first-order chi connectivity index (χ1) is 15.3. The second kappa shape index (κ2) is 10.1. The van der Waals surface area contributed by atoms with Crippen LogP contribution in [0.1, 0.15) is 17.2 Å². The Hall–Kier alpha value is -4.05. The van der Waals surface area contributed by atoms with Crippen LogP contribution in [0.15, 0.2) is 115 Å². The normalized spacial score (nSPS) is 10.5. The van der Waals surface area contributed by atoms with Crippen LogP contribution in [0.3, 0.4) is 0 Å². The van der Waals surface area contributed by atoms with Crippen molar-refractivity contribution in [3.8, 4) is 5.75 Å². The van der Waals surface area contributed by atoms with Crippen molar-refractivity contribution in [2.45, 2.75) is 6.04 Å². The number of rotatable bonds is 8. The highest BCUT2D eigenvalue weighted by atomic mass is 16.5. The molecule has 2 N–H and O–H groups in total. The first-order valence-corrected chi connectivity index (χ1v) is 10.2. The van der Waals surface area contributed by atoms with E-state index in [4.69, 9.17) is 4.74 Å². The summed E-state index contributed by atoms with van der Waals surface area (Å²) in [4.78, 5) is 12.6. The highest BCUT2D eigenvalue weighted by Crippen LogP contribution is 2.22. The maximum atomic E-state index is 12.6. The van der Waals surface area contributed by atoms with E-state index in [1.807, 2.05) is 115 Å². The molecule has 0 radical (unpaired) electrons. The van der Waals surface area contributed by atoms with E-state index in [-0.39, 0.29) is 18.6 Å². The molecule has 0 bridgehead atoms. The van der Waals surface area contributed by atoms with Crippen LogP contribution >= 0.6 is 0 Å². The van der Waals surface area contributed by atoms with Crippen molar-refractivity contribution in [1.29, 1.82) is 0 Å². The number of ether oxygens (including phenoxy) is 1. The second-order valence-electron chi connectivity index (χ2n) is 7.13. The molecule has 4 rings (SSSR count). The lowest BCUT2D eigenvalue weighted by molar-refractivity contribution is -0.123. The standard InChI is InChI=1S/C27H24N2O2/c30-26(29-27(21-10-4-1-5-11-21)22-12-6-2-7-13-22)20-31-25-18-16-24(17-19-25)28-23-14-8-3-9-15-23/h1-19,27-28H,20H2,(H,29,30). The minimum atomic E-state index is -0.226. The van der Waals surface area contributed by atoms with Crippen molar-refractivity contribution in [2.75, 3.05) is 11.9 Å². The van der Waals surface area contributed by atoms with Crippen molar-refractivity contribution in [1.82, 2.24) is 5.32 Å². The number of para-hydroxylation sites is 1. The molecule has 0 heterocycles. The van der Waals surface area contributed by atoms with Gasteiger partial charge in [0.25, 0.3) is 5.91 Å². The molecule has 4 heteroatoms. The van der Waals surface area contributed by atoms with Crippen LogP contribution in [-0.4, -0.2) is 12.5 Å². The minimum Gasteiger partial charge on any atom is -0.484 e. The Morgan fingerprint density at radius 1 is 0.645 bits per heavy atom. The molecule has 0 saturated carbocycles. The fourth-order valence-corrected chi connectivity index (χ4v) is 3.32. The van der Waals surface area contributed by atoms with Crippen LogP contribution in [0.2, 0.25) is 0 Å². The molecule has 0 aromatic heterocycles. The summed E-state index contributed by atoms with van der Waals surface area (Å²) in [6, 6.07) is 37.1. The van der Waals surface area contributed by atoms with Crippen molar-refractivity contribution < 1.29 is 9.53 Å². The third-order valence-corrected chi connectivity index (χ3v) is 4.86. The molecular formula is C27H24N2O2. The summed E-state index contributed by atoms with van der Waals surface area (Å²) in [7, 11) is 0. The predicted octanol–water partition coefficient (Wildman–Crippen LogP) is 5.71. The second-order valence-corrected chi connectivity index (χ2v) is 7.13. The lowest BCUT2D eigenvalue weighted by atomic mass is 9.99. The van der Waals surface area contributed by atoms with Gasteiger partial charge in [-0.15, -0.1) is 0 Å². The van der Waals surface area contributed by atoms with Gasteiger partial charge < -0.3 is 15.4 Å². The number of carbonyl (C=O) groups excluding carboxylic acids is 1. The summed E-state index contributed by atoms with van der Waals surface area (Å²) < 4.78 is 5.71. The monoisotopic (exact) mass is 408 g/mol. The maximum absolute atomic E-state index is 12.6. The van der Waals surface area contributed by atoms with E-state index in [0.717, 1.165) is 22.5 Å². The van der Waals surface area contributed by atoms with Gasteiger partial charge >= 0.3 is 0 Å². The van der Waals surface area contributed by atoms with E-state index in [1.54, 1.807) is 0 Å². The molecule has 0 aliphatic carbocycles. The average Bonchev–Trinajstić information content (AvgIpc) is 2.84. The summed E-state index contributed by atoms with van der Waals surface area (Å²) in [5.74, 6) is 0.467. The molecule has 4 aromatic carbocycles. The average molecular weight is 409 g/mol. The van der Waals surface area contributed by atoms with E-state index >= 15 is 0 Å². The molecule has 0 atom stereocenters. The Bertz CT molecular complexity index is 1040. The number of nitrogens with one attached hydrogen (secondary N) is 2. The van der Waals surface area contributed by atoms with Gasteiger partial charge in [0.2, 0.25) is 0 Å². The molecule has 0 aliphatic rings. The van der Waals surface area contributed by atoms with Gasteiger partial charge in [0.15, 0.2) is 6.61 Å². The van der Waals surface area contributed by atoms with E-state index in [1.165, 1.54) is 0 Å². The van der Waals surface area contributed by atoms with Crippen LogP contribution in [-0.2, 0) is 4.79 Å². The first kappa shape index (κ1) is 20.2. The molecule has 154 valence electrons. The quantitative estimate of drug-likeness (QED) is 0.392. The van der Waals surface area contributed by atoms with Crippen LogP contribution in [0.25, 0.3) is 0 Å². The van der Waals surface area contributed by atoms with E-state index in [9.17, 15) is 4.79 Å². The highest BCUT2D eigenvalue weighted by molar-refractivity contribution is 5.78. The van der Waals surface area contributed by atoms with Gasteiger partial charge in [0, 0.05) is 11.4 Å². The van der Waals surface area contributed by atoms with Crippen molar-refractivity contribution in [3.05, 3.63) is 126 Å². The predicted molar refractivity (Wildman–Crippen MR) is 125 cm³/mol. The number of anilines is 2. The first-order valence-electron chi connectivity index (χ1n) is 10.2. The van der Waals surface area contributed by atoms with Gasteiger partial charge in [-0.25, -0.2) is 0 Å². The van der Waals surface area contributed by atoms with E-state index < -0.39 is 0 Å². The molecule has 0 fully saturated rings. The van der Waals surface area contributed by atoms with Crippen LogP contribution in [0, 0.1) is 0 Å². The van der Waals surface area contributed by atoms with E-state index in [0.29, 0.717) is 5.75 Å². The molecular weight excluding hydrogens is 384 g/mol. The molecule has 1 amide bonds. The fourth-order valence-electron chi connectivity index (χ4n) is 3.32. The van der Waals surface area contributed by atoms with Gasteiger partial charge in [-0.3, -0.25) is 4.79 Å². The number of benzene rings is 4. The maximum Gasteiger partial charge on any atom is 0.258 e. The largest absolute Gasteiger partial charge is 0.484 e. The van der Waals surface area contributed by atoms with Crippen molar-refractivity contribution in [3.63, 3.8) is 0 Å². The lowest BCUT2D eigenvalue weighted by Gasteiger charge is -2.20. The fraction of sp³-hybridized carbons (Fsp3) is 0.0741. The molecule has 0 aliphatic heterocycles. The van der Waals surface area contributed by atoms with Gasteiger partial charge in [-0.05, 0) is 47.5 Å². The SMILES string of the molecule is O=C(COc1ccc(Nc2ccccc2)cc1)NC(c1ccccc1)c1ccccc1. The number of hydrogen-bond acceptors (Lipinski definition) is 3. The molecule has 0 unspecified atom stereocenters. The molecule has 0 saturated heterocycles. The highest BCUT2D eigenvalue weighted by Gasteiger charge is 2.16. The lowest BCUT2D eigenvalue weighted by Crippen LogP contribution is -2.33. The van der Waals surface area contributed by atoms with E-state index in [2.05, 4.69) is 10.6 Å². The van der Waals surface area contributed by atoms with Gasteiger partial charge in [0.05, 0.1) is 6.04 Å². The summed E-state index contributed by atoms with van der Waals surface area (Å²) in [5, 5.41) is 6.41. The number of amides is 1. The van der Waals surface area contributed by atoms with Crippen LogP contribution < -0.4 is 15.4 Å². The van der Waals surface area contributed by atoms with Gasteiger partial charge in [-0.1, -0.05) is 78.9 Å². The Kier molecular flexibility index (Phi) is 6.61. The van der Waals surface area contributed by atoms with Gasteiger partial charge in [0.1, 0.15) is 5.75 Å². The minimum absolute atomic E-state index is 0.0539. The third kappa shape index (κ3) is 5.73. The Morgan fingerprint density at radius 2 is 1.13 bits per heavy atom. The molecule has 4 aromatic rings. The number of hydrogen-bond donors (Lipinski definition) is 2. The van der Waals surface area contributed by atoms with Crippen LogP contribution in [0.5, 0.6) is 5.75 Å². The summed E-state index contributed by atoms with van der Waals surface area (Å²) >= 11 is 0. The number of carbonyl (C=O) groups is 1. The summed E-state index contributed by atoms with van der Waals surface area (Å²) in [6.45, 7) is -0.0539. The topological polar surface area (TPSA) is 50.4 Å². The zero-order chi connectivity index (χ0) is 21.3. The Labute approximate surface area is 182 Å².